The molecule has 0 aliphatic heterocycles. The summed E-state index contributed by atoms with van der Waals surface area (Å²) in [5.41, 5.74) is 2.21. The topological polar surface area (TPSA) is 94.5 Å². The monoisotopic (exact) mass is 408 g/mol. The molecule has 1 atom stereocenters. The number of amides is 2. The standard InChI is InChI=1S/C22H24N4O4/c1-17(30-22(28)25-19-10-6-3-7-11-19)21(27)24-20-14-23-26(15-20)12-13-29-16-18-8-4-2-5-9-18/h2-11,14-15,17H,12-13,16H2,1H3,(H,24,27)(H,25,28)/t17-/m0/s1. The van der Waals surface area contributed by atoms with Gasteiger partial charge in [-0.25, -0.2) is 4.79 Å². The molecule has 0 saturated carbocycles. The molecule has 2 amide bonds. The largest absolute Gasteiger partial charge is 0.436 e. The van der Waals surface area contributed by atoms with Gasteiger partial charge in [0.05, 0.1) is 31.6 Å². The Morgan fingerprint density at radius 2 is 1.70 bits per heavy atom. The quantitative estimate of drug-likeness (QED) is 0.527. The Hall–Kier alpha value is -3.65. The molecule has 2 aromatic carbocycles. The Morgan fingerprint density at radius 1 is 1.00 bits per heavy atom. The van der Waals surface area contributed by atoms with Crippen LogP contribution in [0.5, 0.6) is 0 Å². The molecule has 2 N–H and O–H groups in total. The van der Waals surface area contributed by atoms with Crippen molar-refractivity contribution in [3.05, 3.63) is 78.6 Å². The minimum Gasteiger partial charge on any atom is -0.436 e. The van der Waals surface area contributed by atoms with E-state index in [0.29, 0.717) is 31.1 Å². The van der Waals surface area contributed by atoms with Crippen LogP contribution in [-0.2, 0) is 27.4 Å². The smallest absolute Gasteiger partial charge is 0.412 e. The van der Waals surface area contributed by atoms with E-state index < -0.39 is 18.1 Å². The van der Waals surface area contributed by atoms with Crippen LogP contribution in [0.4, 0.5) is 16.2 Å². The SMILES string of the molecule is C[C@H](OC(=O)Nc1ccccc1)C(=O)Nc1cnn(CCOCc2ccccc2)c1. The van der Waals surface area contributed by atoms with Crippen LogP contribution >= 0.6 is 0 Å². The first-order valence-electron chi connectivity index (χ1n) is 9.58. The van der Waals surface area contributed by atoms with Crippen molar-refractivity contribution in [1.29, 1.82) is 0 Å². The molecule has 30 heavy (non-hydrogen) atoms. The third kappa shape index (κ3) is 6.75. The number of carbonyl (C=O) groups is 2. The molecule has 1 heterocycles. The molecule has 0 radical (unpaired) electrons. The van der Waals surface area contributed by atoms with Crippen molar-refractivity contribution < 1.29 is 19.1 Å². The number of carbonyl (C=O) groups excluding carboxylic acids is 2. The van der Waals surface area contributed by atoms with E-state index in [-0.39, 0.29) is 0 Å². The molecule has 0 aliphatic carbocycles. The predicted octanol–water partition coefficient (Wildman–Crippen LogP) is 3.68. The Morgan fingerprint density at radius 3 is 2.43 bits per heavy atom. The average Bonchev–Trinajstić information content (AvgIpc) is 3.19. The molecule has 3 rings (SSSR count). The fourth-order valence-corrected chi connectivity index (χ4v) is 2.60. The Kier molecular flexibility index (Phi) is 7.57. The van der Waals surface area contributed by atoms with Gasteiger partial charge in [0.15, 0.2) is 6.10 Å². The van der Waals surface area contributed by atoms with Gasteiger partial charge in [-0.15, -0.1) is 0 Å². The van der Waals surface area contributed by atoms with Crippen molar-refractivity contribution in [3.63, 3.8) is 0 Å². The van der Waals surface area contributed by atoms with E-state index >= 15 is 0 Å². The molecular weight excluding hydrogens is 384 g/mol. The van der Waals surface area contributed by atoms with E-state index in [1.165, 1.54) is 13.1 Å². The maximum atomic E-state index is 12.2. The molecule has 156 valence electrons. The molecule has 0 bridgehead atoms. The lowest BCUT2D eigenvalue weighted by Gasteiger charge is -2.13. The Labute approximate surface area is 174 Å². The summed E-state index contributed by atoms with van der Waals surface area (Å²) >= 11 is 0. The number of hydrogen-bond acceptors (Lipinski definition) is 5. The number of rotatable bonds is 9. The number of hydrogen-bond donors (Lipinski definition) is 2. The lowest BCUT2D eigenvalue weighted by molar-refractivity contribution is -0.123. The highest BCUT2D eigenvalue weighted by atomic mass is 16.6. The highest BCUT2D eigenvalue weighted by Crippen LogP contribution is 2.09. The third-order valence-electron chi connectivity index (χ3n) is 4.15. The Balaban J connectivity index is 1.38. The van der Waals surface area contributed by atoms with Crippen molar-refractivity contribution in [2.24, 2.45) is 0 Å². The first kappa shape index (κ1) is 21.1. The van der Waals surface area contributed by atoms with Crippen molar-refractivity contribution in [2.45, 2.75) is 26.2 Å². The van der Waals surface area contributed by atoms with Gasteiger partial charge in [0.1, 0.15) is 0 Å². The first-order valence-corrected chi connectivity index (χ1v) is 9.58. The molecule has 0 spiro atoms. The predicted molar refractivity (Wildman–Crippen MR) is 113 cm³/mol. The minimum atomic E-state index is -0.966. The summed E-state index contributed by atoms with van der Waals surface area (Å²) in [6.07, 6.45) is 1.56. The van der Waals surface area contributed by atoms with Gasteiger partial charge in [-0.3, -0.25) is 14.8 Å². The van der Waals surface area contributed by atoms with Gasteiger partial charge >= 0.3 is 6.09 Å². The summed E-state index contributed by atoms with van der Waals surface area (Å²) in [6, 6.07) is 18.8. The number of para-hydroxylation sites is 1. The fourth-order valence-electron chi connectivity index (χ4n) is 2.60. The zero-order chi connectivity index (χ0) is 21.2. The third-order valence-corrected chi connectivity index (χ3v) is 4.15. The molecule has 3 aromatic rings. The van der Waals surface area contributed by atoms with Crippen molar-refractivity contribution in [2.75, 3.05) is 17.2 Å². The van der Waals surface area contributed by atoms with Gasteiger partial charge in [0.2, 0.25) is 0 Å². The van der Waals surface area contributed by atoms with E-state index in [2.05, 4.69) is 15.7 Å². The number of anilines is 2. The summed E-state index contributed by atoms with van der Waals surface area (Å²) in [6.45, 7) is 3.07. The van der Waals surface area contributed by atoms with Crippen LogP contribution in [-0.4, -0.2) is 34.5 Å². The minimum absolute atomic E-state index is 0.446. The van der Waals surface area contributed by atoms with E-state index in [1.54, 1.807) is 35.1 Å². The lowest BCUT2D eigenvalue weighted by Crippen LogP contribution is -2.31. The average molecular weight is 408 g/mol. The molecular formula is C22H24N4O4. The van der Waals surface area contributed by atoms with Gasteiger partial charge in [-0.1, -0.05) is 48.5 Å². The summed E-state index contributed by atoms with van der Waals surface area (Å²) in [5, 5.41) is 9.44. The van der Waals surface area contributed by atoms with Crippen LogP contribution in [0.25, 0.3) is 0 Å². The lowest BCUT2D eigenvalue weighted by atomic mass is 10.2. The molecule has 0 aliphatic rings. The molecule has 0 fully saturated rings. The number of ether oxygens (including phenoxy) is 2. The normalized spacial score (nSPS) is 11.5. The number of nitrogens with one attached hydrogen (secondary N) is 2. The Bertz CT molecular complexity index is 944. The van der Waals surface area contributed by atoms with E-state index in [1.807, 2.05) is 36.4 Å². The van der Waals surface area contributed by atoms with Crippen LogP contribution in [0.1, 0.15) is 12.5 Å². The molecule has 0 unspecified atom stereocenters. The molecule has 8 nitrogen and oxygen atoms in total. The highest BCUT2D eigenvalue weighted by Gasteiger charge is 2.18. The maximum absolute atomic E-state index is 12.2. The molecule has 1 aromatic heterocycles. The van der Waals surface area contributed by atoms with Crippen LogP contribution < -0.4 is 10.6 Å². The second-order valence-electron chi connectivity index (χ2n) is 6.56. The van der Waals surface area contributed by atoms with Crippen LogP contribution in [0.3, 0.4) is 0 Å². The van der Waals surface area contributed by atoms with Crippen molar-refractivity contribution >= 4 is 23.4 Å². The van der Waals surface area contributed by atoms with Gasteiger partial charge < -0.3 is 14.8 Å². The van der Waals surface area contributed by atoms with Crippen molar-refractivity contribution in [1.82, 2.24) is 9.78 Å². The second-order valence-corrected chi connectivity index (χ2v) is 6.56. The van der Waals surface area contributed by atoms with Crippen LogP contribution in [0.2, 0.25) is 0 Å². The van der Waals surface area contributed by atoms with Crippen molar-refractivity contribution in [3.8, 4) is 0 Å². The van der Waals surface area contributed by atoms with Crippen LogP contribution in [0.15, 0.2) is 73.1 Å². The van der Waals surface area contributed by atoms with Gasteiger partial charge in [-0.05, 0) is 24.6 Å². The number of aromatic nitrogens is 2. The summed E-state index contributed by atoms with van der Waals surface area (Å²) in [4.78, 5) is 24.1. The van der Waals surface area contributed by atoms with Crippen LogP contribution in [0, 0.1) is 0 Å². The summed E-state index contributed by atoms with van der Waals surface area (Å²) < 4.78 is 12.4. The van der Waals surface area contributed by atoms with Gasteiger partial charge in [-0.2, -0.15) is 5.10 Å². The van der Waals surface area contributed by atoms with E-state index in [4.69, 9.17) is 9.47 Å². The molecule has 8 heteroatoms. The van der Waals surface area contributed by atoms with E-state index in [0.717, 1.165) is 5.56 Å². The fraction of sp³-hybridized carbons (Fsp3) is 0.227. The highest BCUT2D eigenvalue weighted by molar-refractivity contribution is 5.95. The zero-order valence-corrected chi connectivity index (χ0v) is 16.7. The first-order chi connectivity index (χ1) is 14.6. The maximum Gasteiger partial charge on any atom is 0.412 e. The zero-order valence-electron chi connectivity index (χ0n) is 16.7. The summed E-state index contributed by atoms with van der Waals surface area (Å²) in [5.74, 6) is -0.446. The van der Waals surface area contributed by atoms with Gasteiger partial charge in [0.25, 0.3) is 5.91 Å². The summed E-state index contributed by atoms with van der Waals surface area (Å²) in [7, 11) is 0. The van der Waals surface area contributed by atoms with E-state index in [9.17, 15) is 9.59 Å². The number of benzene rings is 2. The number of nitrogens with zero attached hydrogens (tertiary/aromatic N) is 2. The molecule has 0 saturated heterocycles. The second kappa shape index (κ2) is 10.8. The van der Waals surface area contributed by atoms with Gasteiger partial charge in [0, 0.05) is 11.9 Å².